The molecule has 3 nitrogen and oxygen atoms in total. The molecule has 0 atom stereocenters. The fourth-order valence-electron chi connectivity index (χ4n) is 2.81. The Bertz CT molecular complexity index is 432. The van der Waals surface area contributed by atoms with Crippen LogP contribution < -0.4 is 5.32 Å². The number of aromatic nitrogens is 2. The molecule has 0 fully saturated rings. The number of halogens is 1. The summed E-state index contributed by atoms with van der Waals surface area (Å²) in [5.74, 6) is 1.79. The molecular weight excluding hydrogens is 270 g/mol. The first-order chi connectivity index (χ1) is 9.62. The minimum Gasteiger partial charge on any atom is -0.369 e. The van der Waals surface area contributed by atoms with Crippen molar-refractivity contribution >= 4 is 17.4 Å². The molecule has 4 heteroatoms. The molecule has 1 aliphatic carbocycles. The first-order valence-electron chi connectivity index (χ1n) is 7.75. The third-order valence-electron chi connectivity index (χ3n) is 4.10. The predicted molar refractivity (Wildman–Crippen MR) is 85.5 cm³/mol. The van der Waals surface area contributed by atoms with Crippen LogP contribution in [0.4, 0.5) is 5.82 Å². The van der Waals surface area contributed by atoms with Crippen LogP contribution in [0.3, 0.4) is 0 Å². The van der Waals surface area contributed by atoms with Crippen molar-refractivity contribution in [3.63, 3.8) is 0 Å². The molecule has 1 aromatic rings. The Morgan fingerprint density at radius 3 is 2.80 bits per heavy atom. The normalized spacial score (nSPS) is 15.6. The fourth-order valence-corrected chi connectivity index (χ4v) is 2.94. The van der Waals surface area contributed by atoms with Gasteiger partial charge in [-0.05, 0) is 43.9 Å². The lowest BCUT2D eigenvalue weighted by molar-refractivity contribution is 0.355. The van der Waals surface area contributed by atoms with Gasteiger partial charge in [0, 0.05) is 23.7 Å². The second-order valence-electron chi connectivity index (χ2n) is 6.52. The van der Waals surface area contributed by atoms with Crippen LogP contribution >= 0.6 is 11.6 Å². The number of aryl methyl sites for hydroxylation is 1. The quantitative estimate of drug-likeness (QED) is 0.631. The van der Waals surface area contributed by atoms with Crippen molar-refractivity contribution in [1.29, 1.82) is 0 Å². The zero-order chi connectivity index (χ0) is 14.4. The van der Waals surface area contributed by atoms with Gasteiger partial charge in [-0.2, -0.15) is 0 Å². The summed E-state index contributed by atoms with van der Waals surface area (Å²) in [5, 5.41) is 3.56. The molecule has 0 bridgehead atoms. The standard InChI is InChI=1S/C16H26ClN3/c1-16(2,9-6-10-17)11-18-15-13-7-4-3-5-8-14(13)19-12-20-15/h12H,3-11H2,1-2H3,(H,18,19,20). The number of alkyl halides is 1. The minimum absolute atomic E-state index is 0.247. The van der Waals surface area contributed by atoms with Gasteiger partial charge >= 0.3 is 0 Å². The Hall–Kier alpha value is -0.830. The Labute approximate surface area is 127 Å². The number of anilines is 1. The highest BCUT2D eigenvalue weighted by Crippen LogP contribution is 2.27. The summed E-state index contributed by atoms with van der Waals surface area (Å²) in [6.45, 7) is 5.51. The highest BCUT2D eigenvalue weighted by Gasteiger charge is 2.19. The summed E-state index contributed by atoms with van der Waals surface area (Å²) in [6.07, 6.45) is 9.93. The van der Waals surface area contributed by atoms with Crippen LogP contribution in [0.1, 0.15) is 57.2 Å². The van der Waals surface area contributed by atoms with Crippen molar-refractivity contribution in [2.75, 3.05) is 17.7 Å². The van der Waals surface area contributed by atoms with E-state index in [1.54, 1.807) is 6.33 Å². The second kappa shape index (κ2) is 7.26. The van der Waals surface area contributed by atoms with E-state index < -0.39 is 0 Å². The van der Waals surface area contributed by atoms with Gasteiger partial charge in [0.2, 0.25) is 0 Å². The van der Waals surface area contributed by atoms with E-state index in [9.17, 15) is 0 Å². The van der Waals surface area contributed by atoms with Crippen LogP contribution in [0.5, 0.6) is 0 Å². The highest BCUT2D eigenvalue weighted by molar-refractivity contribution is 6.17. The number of nitrogens with one attached hydrogen (secondary N) is 1. The summed E-state index contributed by atoms with van der Waals surface area (Å²) in [7, 11) is 0. The zero-order valence-corrected chi connectivity index (χ0v) is 13.5. The first kappa shape index (κ1) is 15.6. The summed E-state index contributed by atoms with van der Waals surface area (Å²) < 4.78 is 0. The molecule has 1 N–H and O–H groups in total. The molecule has 20 heavy (non-hydrogen) atoms. The lowest BCUT2D eigenvalue weighted by Gasteiger charge is -2.25. The maximum Gasteiger partial charge on any atom is 0.132 e. The van der Waals surface area contributed by atoms with Gasteiger partial charge in [-0.15, -0.1) is 11.6 Å². The Balaban J connectivity index is 2.02. The maximum atomic E-state index is 5.80. The third kappa shape index (κ3) is 4.34. The summed E-state index contributed by atoms with van der Waals surface area (Å²) >= 11 is 5.80. The van der Waals surface area contributed by atoms with Gasteiger partial charge in [0.05, 0.1) is 0 Å². The molecule has 0 spiro atoms. The summed E-state index contributed by atoms with van der Waals surface area (Å²) in [5.41, 5.74) is 2.84. The Kier molecular flexibility index (Phi) is 5.64. The molecular formula is C16H26ClN3. The van der Waals surface area contributed by atoms with Crippen LogP contribution in [0.15, 0.2) is 6.33 Å². The van der Waals surface area contributed by atoms with Gasteiger partial charge in [0.15, 0.2) is 0 Å². The molecule has 0 unspecified atom stereocenters. The van der Waals surface area contributed by atoms with E-state index in [0.29, 0.717) is 0 Å². The maximum absolute atomic E-state index is 5.80. The van der Waals surface area contributed by atoms with E-state index in [1.165, 1.54) is 30.5 Å². The molecule has 1 aromatic heterocycles. The Morgan fingerprint density at radius 1 is 1.20 bits per heavy atom. The number of nitrogens with zero attached hydrogens (tertiary/aromatic N) is 2. The average Bonchev–Trinajstić information content (AvgIpc) is 2.68. The van der Waals surface area contributed by atoms with Crippen molar-refractivity contribution in [3.05, 3.63) is 17.6 Å². The van der Waals surface area contributed by atoms with Crippen molar-refractivity contribution in [2.45, 2.75) is 58.8 Å². The van der Waals surface area contributed by atoms with Gasteiger partial charge in [0.25, 0.3) is 0 Å². The molecule has 0 saturated carbocycles. The van der Waals surface area contributed by atoms with Gasteiger partial charge in [-0.25, -0.2) is 9.97 Å². The average molecular weight is 296 g/mol. The fraction of sp³-hybridized carbons (Fsp3) is 0.750. The zero-order valence-electron chi connectivity index (χ0n) is 12.7. The predicted octanol–water partition coefficient (Wildman–Crippen LogP) is 4.20. The first-order valence-corrected chi connectivity index (χ1v) is 8.28. The number of hydrogen-bond acceptors (Lipinski definition) is 3. The van der Waals surface area contributed by atoms with E-state index in [2.05, 4.69) is 29.1 Å². The second-order valence-corrected chi connectivity index (χ2v) is 6.90. The number of rotatable bonds is 6. The van der Waals surface area contributed by atoms with Crippen molar-refractivity contribution in [2.24, 2.45) is 5.41 Å². The van der Waals surface area contributed by atoms with Crippen LogP contribution in [-0.2, 0) is 12.8 Å². The van der Waals surface area contributed by atoms with E-state index in [4.69, 9.17) is 11.6 Å². The lowest BCUT2D eigenvalue weighted by Crippen LogP contribution is -2.24. The largest absolute Gasteiger partial charge is 0.369 e. The van der Waals surface area contributed by atoms with E-state index >= 15 is 0 Å². The van der Waals surface area contributed by atoms with E-state index in [-0.39, 0.29) is 5.41 Å². The topological polar surface area (TPSA) is 37.8 Å². The highest BCUT2D eigenvalue weighted by atomic mass is 35.5. The molecule has 0 radical (unpaired) electrons. The smallest absolute Gasteiger partial charge is 0.132 e. The van der Waals surface area contributed by atoms with Gasteiger partial charge < -0.3 is 5.32 Å². The molecule has 2 rings (SSSR count). The van der Waals surface area contributed by atoms with Crippen LogP contribution in [0.25, 0.3) is 0 Å². The molecule has 0 aromatic carbocycles. The SMILES string of the molecule is CC(C)(CCCCl)CNc1ncnc2c1CCCCC2. The molecule has 0 amide bonds. The van der Waals surface area contributed by atoms with E-state index in [0.717, 1.165) is 43.9 Å². The summed E-state index contributed by atoms with van der Waals surface area (Å²) in [6, 6.07) is 0. The summed E-state index contributed by atoms with van der Waals surface area (Å²) in [4.78, 5) is 8.93. The number of hydrogen-bond donors (Lipinski definition) is 1. The van der Waals surface area contributed by atoms with Crippen molar-refractivity contribution in [3.8, 4) is 0 Å². The third-order valence-corrected chi connectivity index (χ3v) is 4.36. The Morgan fingerprint density at radius 2 is 2.00 bits per heavy atom. The molecule has 112 valence electrons. The lowest BCUT2D eigenvalue weighted by atomic mass is 9.88. The molecule has 0 saturated heterocycles. The molecule has 0 aliphatic heterocycles. The van der Waals surface area contributed by atoms with Crippen LogP contribution in [-0.4, -0.2) is 22.4 Å². The monoisotopic (exact) mass is 295 g/mol. The van der Waals surface area contributed by atoms with E-state index in [1.807, 2.05) is 0 Å². The van der Waals surface area contributed by atoms with Gasteiger partial charge in [-0.3, -0.25) is 0 Å². The van der Waals surface area contributed by atoms with Gasteiger partial charge in [0.1, 0.15) is 12.1 Å². The molecule has 1 heterocycles. The van der Waals surface area contributed by atoms with Crippen LogP contribution in [0, 0.1) is 5.41 Å². The molecule has 1 aliphatic rings. The minimum atomic E-state index is 0.247. The number of fused-ring (bicyclic) bond motifs is 1. The van der Waals surface area contributed by atoms with Crippen LogP contribution in [0.2, 0.25) is 0 Å². The van der Waals surface area contributed by atoms with Crippen molar-refractivity contribution in [1.82, 2.24) is 9.97 Å². The van der Waals surface area contributed by atoms with Crippen molar-refractivity contribution < 1.29 is 0 Å². The van der Waals surface area contributed by atoms with Gasteiger partial charge in [-0.1, -0.05) is 20.3 Å².